The van der Waals surface area contributed by atoms with Crippen LogP contribution in [0.3, 0.4) is 0 Å². The van der Waals surface area contributed by atoms with Crippen LogP contribution < -0.4 is 4.74 Å². The summed E-state index contributed by atoms with van der Waals surface area (Å²) in [6.07, 6.45) is -2.11. The second-order valence-electron chi connectivity index (χ2n) is 14.6. The highest BCUT2D eigenvalue weighted by Gasteiger charge is 2.51. The Balaban J connectivity index is 1.40. The van der Waals surface area contributed by atoms with Crippen LogP contribution in [0.5, 0.6) is 5.75 Å². The maximum Gasteiger partial charge on any atom is 0.405 e. The lowest BCUT2D eigenvalue weighted by Crippen LogP contribution is -2.49. The predicted octanol–water partition coefficient (Wildman–Crippen LogP) is 9.55. The highest BCUT2D eigenvalue weighted by Crippen LogP contribution is 2.43. The first-order valence-electron chi connectivity index (χ1n) is 16.7. The van der Waals surface area contributed by atoms with Crippen LogP contribution in [-0.2, 0) is 41.5 Å². The van der Waals surface area contributed by atoms with Crippen molar-refractivity contribution < 1.29 is 36.0 Å². The van der Waals surface area contributed by atoms with Crippen LogP contribution in [0.4, 0.5) is 8.78 Å². The molecule has 1 N–H and O–H groups in total. The summed E-state index contributed by atoms with van der Waals surface area (Å²) in [7, 11) is -6.27. The molecular formula is C41H43F2O6S2+. The molecule has 1 aliphatic rings. The first-order chi connectivity index (χ1) is 23.9. The summed E-state index contributed by atoms with van der Waals surface area (Å²) in [5, 5.41) is -2.26. The number of benzene rings is 5. The topological polar surface area (TPSA) is 82.1 Å². The Morgan fingerprint density at radius 1 is 0.765 bits per heavy atom. The van der Waals surface area contributed by atoms with Gasteiger partial charge < -0.3 is 14.2 Å². The Labute approximate surface area is 301 Å². The molecule has 268 valence electrons. The number of rotatable bonds is 9. The molecule has 6 rings (SSSR count). The first kappa shape index (κ1) is 37.0. The van der Waals surface area contributed by atoms with E-state index in [0.717, 1.165) is 43.5 Å². The quantitative estimate of drug-likeness (QED) is 0.120. The fourth-order valence-corrected chi connectivity index (χ4v) is 8.74. The Bertz CT molecular complexity index is 2090. The molecule has 1 fully saturated rings. The number of ether oxygens (including phenoxy) is 3. The van der Waals surface area contributed by atoms with Crippen molar-refractivity contribution in [1.82, 2.24) is 0 Å². The Morgan fingerprint density at radius 2 is 1.31 bits per heavy atom. The maximum atomic E-state index is 14.2. The molecule has 0 radical (unpaired) electrons. The second-order valence-corrected chi connectivity index (χ2v) is 18.1. The largest absolute Gasteiger partial charge is 0.483 e. The van der Waals surface area contributed by atoms with Gasteiger partial charge in [-0.1, -0.05) is 87.5 Å². The molecule has 3 unspecified atom stereocenters. The van der Waals surface area contributed by atoms with Gasteiger partial charge in [0, 0.05) is 0 Å². The van der Waals surface area contributed by atoms with Gasteiger partial charge in [0.05, 0.1) is 29.7 Å². The SMILES string of the molecule is CC(Oc1ccc([S+](c2ccc(C(C)(C)C)cc2)c2ccc(C3(c4cccc5ccccc45)COC(C)(C)CO3)cc2)cc1)C(F)(F)S(=O)(=O)O. The third-order valence-electron chi connectivity index (χ3n) is 9.26. The second kappa shape index (κ2) is 13.6. The van der Waals surface area contributed by atoms with E-state index in [1.165, 1.54) is 17.7 Å². The Hall–Kier alpha value is -3.80. The summed E-state index contributed by atoms with van der Waals surface area (Å²) >= 11 is 0. The fourth-order valence-electron chi connectivity index (χ4n) is 6.23. The molecule has 10 heteroatoms. The van der Waals surface area contributed by atoms with Crippen LogP contribution in [0.15, 0.2) is 130 Å². The van der Waals surface area contributed by atoms with E-state index in [1.54, 1.807) is 12.1 Å². The number of hydrogen-bond donors (Lipinski definition) is 1. The normalized spacial score (nSPS) is 19.4. The number of halogens is 2. The molecule has 0 spiro atoms. The first-order valence-corrected chi connectivity index (χ1v) is 19.4. The third kappa shape index (κ3) is 7.43. The van der Waals surface area contributed by atoms with Crippen molar-refractivity contribution in [3.05, 3.63) is 132 Å². The van der Waals surface area contributed by atoms with E-state index in [-0.39, 0.29) is 11.2 Å². The highest BCUT2D eigenvalue weighted by molar-refractivity contribution is 7.97. The minimum atomic E-state index is -5.65. The molecule has 51 heavy (non-hydrogen) atoms. The van der Waals surface area contributed by atoms with Gasteiger partial charge >= 0.3 is 15.4 Å². The van der Waals surface area contributed by atoms with Gasteiger partial charge in [0.1, 0.15) is 11.4 Å². The summed E-state index contributed by atoms with van der Waals surface area (Å²) in [6.45, 7) is 12.2. The van der Waals surface area contributed by atoms with Crippen LogP contribution in [0.2, 0.25) is 0 Å². The van der Waals surface area contributed by atoms with Crippen LogP contribution in [0.1, 0.15) is 58.2 Å². The summed E-state index contributed by atoms with van der Waals surface area (Å²) in [6, 6.07) is 38.1. The van der Waals surface area contributed by atoms with E-state index in [1.807, 2.05) is 32.0 Å². The lowest BCUT2D eigenvalue weighted by molar-refractivity contribution is -0.212. The van der Waals surface area contributed by atoms with Crippen molar-refractivity contribution in [3.63, 3.8) is 0 Å². The van der Waals surface area contributed by atoms with Crippen molar-refractivity contribution in [2.45, 2.75) is 84.2 Å². The number of fused-ring (bicyclic) bond motifs is 1. The molecule has 6 nitrogen and oxygen atoms in total. The van der Waals surface area contributed by atoms with E-state index >= 15 is 0 Å². The van der Waals surface area contributed by atoms with E-state index < -0.39 is 43.6 Å². The van der Waals surface area contributed by atoms with Crippen molar-refractivity contribution in [1.29, 1.82) is 0 Å². The molecule has 1 aliphatic heterocycles. The molecule has 0 aliphatic carbocycles. The average molecular weight is 734 g/mol. The zero-order valence-electron chi connectivity index (χ0n) is 29.5. The summed E-state index contributed by atoms with van der Waals surface area (Å²) in [5.74, 6) is 0.0472. The van der Waals surface area contributed by atoms with Gasteiger partial charge in [-0.2, -0.15) is 17.2 Å². The molecule has 1 heterocycles. The van der Waals surface area contributed by atoms with Gasteiger partial charge in [0.25, 0.3) is 0 Å². The van der Waals surface area contributed by atoms with Gasteiger partial charge in [0.15, 0.2) is 20.8 Å². The predicted molar refractivity (Wildman–Crippen MR) is 197 cm³/mol. The molecule has 5 aromatic carbocycles. The van der Waals surface area contributed by atoms with Crippen LogP contribution in [0.25, 0.3) is 10.8 Å². The van der Waals surface area contributed by atoms with Gasteiger partial charge in [-0.25, -0.2) is 0 Å². The molecule has 3 atom stereocenters. The molecule has 0 saturated carbocycles. The third-order valence-corrected chi connectivity index (χ3v) is 12.5. The zero-order valence-corrected chi connectivity index (χ0v) is 31.2. The van der Waals surface area contributed by atoms with Gasteiger partial charge in [-0.3, -0.25) is 4.55 Å². The molecular weight excluding hydrogens is 691 g/mol. The Morgan fingerprint density at radius 3 is 1.86 bits per heavy atom. The summed E-state index contributed by atoms with van der Waals surface area (Å²) in [5.41, 5.74) is 1.87. The Kier molecular flexibility index (Phi) is 9.89. The molecule has 0 bridgehead atoms. The lowest BCUT2D eigenvalue weighted by atomic mass is 9.82. The minimum absolute atomic E-state index is 0.0366. The summed E-state index contributed by atoms with van der Waals surface area (Å²) < 4.78 is 78.5. The number of alkyl halides is 2. The summed E-state index contributed by atoms with van der Waals surface area (Å²) in [4.78, 5) is 2.97. The van der Waals surface area contributed by atoms with Crippen molar-refractivity contribution in [2.75, 3.05) is 13.2 Å². The van der Waals surface area contributed by atoms with E-state index in [0.29, 0.717) is 13.2 Å². The molecule has 1 saturated heterocycles. The van der Waals surface area contributed by atoms with Crippen molar-refractivity contribution >= 4 is 31.8 Å². The van der Waals surface area contributed by atoms with E-state index in [9.17, 15) is 17.2 Å². The molecule has 0 aromatic heterocycles. The van der Waals surface area contributed by atoms with Crippen LogP contribution >= 0.6 is 0 Å². The standard InChI is InChI=1S/C41H42F2O6S2/c1-28(41(42,43)51(44,45)46)49-32-18-24-35(25-19-32)50(33-20-14-30(15-21-33)38(2,3)4)34-22-16-31(17-23-34)40(27-47-39(5,6)26-48-40)37-13-9-11-29-10-7-8-12-36(29)37/h7-25,28H,26-27H2,1-6H3/p+1. The van der Waals surface area contributed by atoms with Crippen molar-refractivity contribution in [3.8, 4) is 5.75 Å². The maximum absolute atomic E-state index is 14.2. The monoisotopic (exact) mass is 733 g/mol. The van der Waals surface area contributed by atoms with Crippen molar-refractivity contribution in [2.24, 2.45) is 0 Å². The van der Waals surface area contributed by atoms with Gasteiger partial charge in [0.2, 0.25) is 0 Å². The highest BCUT2D eigenvalue weighted by atomic mass is 32.2. The molecule has 0 amide bonds. The van der Waals surface area contributed by atoms with Gasteiger partial charge in [-0.05, 0) is 102 Å². The molecule has 5 aromatic rings. The number of hydrogen-bond acceptors (Lipinski definition) is 5. The minimum Gasteiger partial charge on any atom is -0.483 e. The van der Waals surface area contributed by atoms with Crippen LogP contribution in [0, 0.1) is 0 Å². The zero-order chi connectivity index (χ0) is 36.8. The average Bonchev–Trinajstić information content (AvgIpc) is 3.09. The smallest absolute Gasteiger partial charge is 0.405 e. The fraction of sp³-hybridized carbons (Fsp3) is 0.317. The van der Waals surface area contributed by atoms with E-state index in [4.69, 9.17) is 18.8 Å². The lowest BCUT2D eigenvalue weighted by Gasteiger charge is -2.44. The van der Waals surface area contributed by atoms with E-state index in [2.05, 4.69) is 93.6 Å². The van der Waals surface area contributed by atoms with Crippen LogP contribution in [-0.4, -0.2) is 43.1 Å². The van der Waals surface area contributed by atoms with Gasteiger partial charge in [-0.15, -0.1) is 0 Å².